The fourth-order valence-corrected chi connectivity index (χ4v) is 8.13. The number of likely N-dealkylation sites (tertiary alicyclic amines) is 1. The molecule has 3 aliphatic rings. The largest absolute Gasteiger partial charge is 0.392 e. The van der Waals surface area contributed by atoms with E-state index >= 15 is 0 Å². The molecule has 1 aliphatic heterocycles. The average molecular weight is 485 g/mol. The fourth-order valence-electron chi connectivity index (χ4n) is 6.87. The minimum atomic E-state index is -0.536. The van der Waals surface area contributed by atoms with Crippen LogP contribution in [0.5, 0.6) is 0 Å². The number of hydrogen-bond acceptors (Lipinski definition) is 5. The highest BCUT2D eigenvalue weighted by molar-refractivity contribution is 7.15. The summed E-state index contributed by atoms with van der Waals surface area (Å²) < 4.78 is 1.79. The van der Waals surface area contributed by atoms with Crippen LogP contribution in [0, 0.1) is 23.2 Å². The number of aryl methyl sites for hydroxylation is 1. The van der Waals surface area contributed by atoms with Crippen molar-refractivity contribution in [2.24, 2.45) is 30.2 Å². The standard InChI is InChI=1S/C26H36N4O3S/c1-15(24(33)30-12-5-6-13-30)17-9-10-26(3)14-19-21(16(2)20(26)22(17)31)27-25(34-19)28-23(32)18-8-7-11-29(18)4/h7-8,11,15-17,20,22,31H,5-6,9-10,12-14H2,1-4H3,(H,27,28,32)/t15-,16-,17+,20+,22-,26-/m0/s1. The quantitative estimate of drug-likeness (QED) is 0.686. The van der Waals surface area contributed by atoms with E-state index in [9.17, 15) is 14.7 Å². The minimum absolute atomic E-state index is 0.0228. The smallest absolute Gasteiger partial charge is 0.274 e. The van der Waals surface area contributed by atoms with Crippen LogP contribution in [0.4, 0.5) is 5.13 Å². The number of nitrogens with one attached hydrogen (secondary N) is 1. The fraction of sp³-hybridized carbons (Fsp3) is 0.654. The zero-order valence-electron chi connectivity index (χ0n) is 20.6. The van der Waals surface area contributed by atoms with Crippen molar-refractivity contribution in [3.05, 3.63) is 34.6 Å². The van der Waals surface area contributed by atoms with Gasteiger partial charge in [0.1, 0.15) is 5.69 Å². The minimum Gasteiger partial charge on any atom is -0.392 e. The zero-order valence-corrected chi connectivity index (χ0v) is 21.4. The molecule has 2 fully saturated rings. The number of rotatable bonds is 4. The molecule has 3 heterocycles. The molecule has 5 rings (SSSR count). The van der Waals surface area contributed by atoms with E-state index in [2.05, 4.69) is 19.2 Å². The first-order valence-electron chi connectivity index (χ1n) is 12.6. The van der Waals surface area contributed by atoms with Gasteiger partial charge in [-0.25, -0.2) is 4.98 Å². The van der Waals surface area contributed by atoms with Gasteiger partial charge in [0.15, 0.2) is 5.13 Å². The summed E-state index contributed by atoms with van der Waals surface area (Å²) in [6, 6.07) is 3.64. The van der Waals surface area contributed by atoms with Crippen LogP contribution in [0.3, 0.4) is 0 Å². The van der Waals surface area contributed by atoms with Gasteiger partial charge in [-0.05, 0) is 61.5 Å². The molecule has 1 saturated heterocycles. The Hall–Kier alpha value is -2.19. The maximum Gasteiger partial charge on any atom is 0.274 e. The van der Waals surface area contributed by atoms with Gasteiger partial charge in [-0.3, -0.25) is 14.9 Å². The summed E-state index contributed by atoms with van der Waals surface area (Å²) in [5.74, 6) is -0.0336. The Morgan fingerprint density at radius 2 is 2.06 bits per heavy atom. The number of aromatic nitrogens is 2. The van der Waals surface area contributed by atoms with Crippen LogP contribution >= 0.6 is 11.3 Å². The first-order chi connectivity index (χ1) is 16.2. The molecule has 6 atom stereocenters. The van der Waals surface area contributed by atoms with Crippen LogP contribution in [-0.2, 0) is 18.3 Å². The van der Waals surface area contributed by atoms with Crippen molar-refractivity contribution >= 4 is 28.3 Å². The Bertz CT molecular complexity index is 1090. The molecule has 2 aliphatic carbocycles. The maximum absolute atomic E-state index is 13.1. The number of thiazole rings is 1. The van der Waals surface area contributed by atoms with Crippen molar-refractivity contribution < 1.29 is 14.7 Å². The summed E-state index contributed by atoms with van der Waals surface area (Å²) in [5, 5.41) is 15.2. The van der Waals surface area contributed by atoms with E-state index in [1.807, 2.05) is 31.1 Å². The lowest BCUT2D eigenvalue weighted by molar-refractivity contribution is -0.143. The van der Waals surface area contributed by atoms with Gasteiger partial charge in [-0.1, -0.05) is 20.8 Å². The molecular formula is C26H36N4O3S. The highest BCUT2D eigenvalue weighted by Crippen LogP contribution is 2.57. The van der Waals surface area contributed by atoms with E-state index in [-0.39, 0.29) is 40.9 Å². The van der Waals surface area contributed by atoms with Gasteiger partial charge in [0.2, 0.25) is 5.91 Å². The molecule has 0 radical (unpaired) electrons. The molecule has 2 N–H and O–H groups in total. The third kappa shape index (κ3) is 3.88. The lowest BCUT2D eigenvalue weighted by atomic mass is 9.53. The summed E-state index contributed by atoms with van der Waals surface area (Å²) in [4.78, 5) is 33.8. The number of amides is 2. The summed E-state index contributed by atoms with van der Waals surface area (Å²) in [5.41, 5.74) is 1.55. The van der Waals surface area contributed by atoms with Crippen molar-refractivity contribution in [3.63, 3.8) is 0 Å². The number of hydrogen-bond donors (Lipinski definition) is 2. The number of nitrogens with zero attached hydrogens (tertiary/aromatic N) is 3. The second kappa shape index (κ2) is 8.79. The van der Waals surface area contributed by atoms with Crippen molar-refractivity contribution in [2.45, 2.75) is 64.9 Å². The Morgan fingerprint density at radius 3 is 2.74 bits per heavy atom. The molecule has 0 aromatic carbocycles. The second-order valence-electron chi connectivity index (χ2n) is 10.9. The van der Waals surface area contributed by atoms with Crippen molar-refractivity contribution in [3.8, 4) is 0 Å². The molecule has 0 bridgehead atoms. The van der Waals surface area contributed by atoms with Crippen LogP contribution in [0.1, 0.15) is 73.4 Å². The molecule has 2 amide bonds. The second-order valence-corrected chi connectivity index (χ2v) is 12.0. The van der Waals surface area contributed by atoms with Crippen LogP contribution in [0.15, 0.2) is 18.3 Å². The van der Waals surface area contributed by atoms with Crippen molar-refractivity contribution in [1.29, 1.82) is 0 Å². The highest BCUT2D eigenvalue weighted by Gasteiger charge is 2.54. The average Bonchev–Trinajstić information content (AvgIpc) is 3.53. The molecule has 2 aromatic rings. The van der Waals surface area contributed by atoms with Gasteiger partial charge in [-0.2, -0.15) is 0 Å². The van der Waals surface area contributed by atoms with Gasteiger partial charge in [0.25, 0.3) is 5.91 Å². The molecule has 8 heteroatoms. The predicted molar refractivity (Wildman–Crippen MR) is 133 cm³/mol. The molecular weight excluding hydrogens is 448 g/mol. The van der Waals surface area contributed by atoms with Crippen LogP contribution < -0.4 is 5.32 Å². The van der Waals surface area contributed by atoms with Crippen LogP contribution in [0.25, 0.3) is 0 Å². The van der Waals surface area contributed by atoms with Crippen LogP contribution in [-0.4, -0.2) is 50.6 Å². The topological polar surface area (TPSA) is 87.5 Å². The molecule has 1 saturated carbocycles. The Labute approximate surface area is 205 Å². The Balaban J connectivity index is 1.36. The number of aliphatic hydroxyl groups excluding tert-OH is 1. The van der Waals surface area contributed by atoms with Gasteiger partial charge in [0, 0.05) is 43.0 Å². The summed E-state index contributed by atoms with van der Waals surface area (Å²) in [6.45, 7) is 8.15. The van der Waals surface area contributed by atoms with E-state index in [0.29, 0.717) is 10.8 Å². The van der Waals surface area contributed by atoms with Gasteiger partial charge < -0.3 is 14.6 Å². The number of aliphatic hydroxyl groups is 1. The van der Waals surface area contributed by atoms with Gasteiger partial charge in [-0.15, -0.1) is 11.3 Å². The van der Waals surface area contributed by atoms with E-state index in [1.165, 1.54) is 4.88 Å². The first-order valence-corrected chi connectivity index (χ1v) is 13.4. The lowest BCUT2D eigenvalue weighted by Gasteiger charge is -2.53. The Kier molecular flexibility index (Phi) is 6.09. The Morgan fingerprint density at radius 1 is 1.32 bits per heavy atom. The monoisotopic (exact) mass is 484 g/mol. The molecule has 34 heavy (non-hydrogen) atoms. The molecule has 0 spiro atoms. The van der Waals surface area contributed by atoms with Gasteiger partial charge >= 0.3 is 0 Å². The molecule has 184 valence electrons. The van der Waals surface area contributed by atoms with E-state index < -0.39 is 6.10 Å². The number of carbonyl (C=O) groups excluding carboxylic acids is 2. The third-order valence-corrected chi connectivity index (χ3v) is 9.75. The van der Waals surface area contributed by atoms with E-state index in [1.54, 1.807) is 22.0 Å². The van der Waals surface area contributed by atoms with E-state index in [4.69, 9.17) is 4.98 Å². The summed E-state index contributed by atoms with van der Waals surface area (Å²) >= 11 is 1.56. The molecule has 2 aromatic heterocycles. The maximum atomic E-state index is 13.1. The normalized spacial score (nSPS) is 31.6. The predicted octanol–water partition coefficient (Wildman–Crippen LogP) is 4.05. The lowest BCUT2D eigenvalue weighted by Crippen LogP contribution is -2.53. The first kappa shape index (κ1) is 23.5. The number of anilines is 1. The highest BCUT2D eigenvalue weighted by atomic mass is 32.1. The van der Waals surface area contributed by atoms with Crippen molar-refractivity contribution in [1.82, 2.24) is 14.5 Å². The van der Waals surface area contributed by atoms with Crippen LogP contribution in [0.2, 0.25) is 0 Å². The zero-order chi connectivity index (χ0) is 24.2. The third-order valence-electron chi connectivity index (χ3n) is 8.77. The molecule has 7 nitrogen and oxygen atoms in total. The SMILES string of the molecule is C[C@H](C(=O)N1CCCC1)[C@H]1CC[C@@]2(C)Cc3sc(NC(=O)c4cccn4C)nc3[C@@H](C)[C@@H]2[C@H]1O. The summed E-state index contributed by atoms with van der Waals surface area (Å²) in [7, 11) is 1.85. The van der Waals surface area contributed by atoms with E-state index in [0.717, 1.165) is 50.9 Å². The summed E-state index contributed by atoms with van der Waals surface area (Å²) in [6.07, 6.45) is 6.19. The van der Waals surface area contributed by atoms with Gasteiger partial charge in [0.05, 0.1) is 11.8 Å². The number of fused-ring (bicyclic) bond motifs is 2. The van der Waals surface area contributed by atoms with Crippen molar-refractivity contribution in [2.75, 3.05) is 18.4 Å². The number of carbonyl (C=O) groups is 2. The molecule has 0 unspecified atom stereocenters.